The summed E-state index contributed by atoms with van der Waals surface area (Å²) in [6, 6.07) is 15.5. The molecule has 3 aromatic carbocycles. The maximum atomic E-state index is 12.8. The van der Waals surface area contributed by atoms with Gasteiger partial charge in [0.05, 0.1) is 16.8 Å². The van der Waals surface area contributed by atoms with E-state index in [0.29, 0.717) is 6.07 Å². The van der Waals surface area contributed by atoms with Crippen molar-refractivity contribution in [3.05, 3.63) is 82.9 Å². The molecule has 3 aromatic rings. The third kappa shape index (κ3) is 4.63. The predicted molar refractivity (Wildman–Crippen MR) is 105 cm³/mol. The molecule has 2 N–H and O–H groups in total. The first-order valence-corrected chi connectivity index (χ1v) is 8.58. The molecule has 0 aliphatic heterocycles. The van der Waals surface area contributed by atoms with Gasteiger partial charge in [0.1, 0.15) is 0 Å². The van der Waals surface area contributed by atoms with Crippen LogP contribution in [-0.2, 0) is 11.0 Å². The van der Waals surface area contributed by atoms with E-state index in [1.54, 1.807) is 6.08 Å². The van der Waals surface area contributed by atoms with Crippen molar-refractivity contribution in [3.8, 4) is 0 Å². The summed E-state index contributed by atoms with van der Waals surface area (Å²) in [5.41, 5.74) is -0.900. The van der Waals surface area contributed by atoms with Gasteiger partial charge in [-0.1, -0.05) is 36.4 Å². The van der Waals surface area contributed by atoms with Gasteiger partial charge in [0, 0.05) is 5.57 Å². The molecule has 0 radical (unpaired) electrons. The topological polar surface area (TPSA) is 66.4 Å². The molecule has 0 bridgehead atoms. The average Bonchev–Trinajstić information content (AvgIpc) is 2.67. The molecule has 7 heteroatoms. The van der Waals surface area contributed by atoms with Crippen molar-refractivity contribution >= 4 is 34.4 Å². The Kier molecular flexibility index (Phi) is 5.41. The zero-order valence-corrected chi connectivity index (χ0v) is 15.2. The van der Waals surface area contributed by atoms with E-state index in [4.69, 9.17) is 0 Å². The molecule has 0 aromatic heterocycles. The highest BCUT2D eigenvalue weighted by atomic mass is 19.4. The number of amides is 1. The number of aromatic carboxylic acids is 1. The number of benzene rings is 3. The van der Waals surface area contributed by atoms with Crippen molar-refractivity contribution in [1.82, 2.24) is 0 Å². The van der Waals surface area contributed by atoms with E-state index >= 15 is 0 Å². The van der Waals surface area contributed by atoms with Crippen LogP contribution in [0, 0.1) is 0 Å². The van der Waals surface area contributed by atoms with Gasteiger partial charge in [0.2, 0.25) is 0 Å². The molecule has 148 valence electrons. The second-order valence-corrected chi connectivity index (χ2v) is 6.45. The van der Waals surface area contributed by atoms with Crippen molar-refractivity contribution in [1.29, 1.82) is 0 Å². The fourth-order valence-electron chi connectivity index (χ4n) is 2.84. The average molecular weight is 399 g/mol. The number of nitrogens with one attached hydrogen (secondary N) is 1. The summed E-state index contributed by atoms with van der Waals surface area (Å²) in [6.07, 6.45) is -3.06. The Bertz CT molecular complexity index is 1130. The molecule has 0 fully saturated rings. The second kappa shape index (κ2) is 7.79. The number of carboxylic acid groups (broad SMARTS) is 1. The Morgan fingerprint density at radius 1 is 0.966 bits per heavy atom. The molecule has 0 unspecified atom stereocenters. The quantitative estimate of drug-likeness (QED) is 0.562. The minimum atomic E-state index is -4.68. The number of fused-ring (bicyclic) bond motifs is 1. The maximum absolute atomic E-state index is 12.8. The van der Waals surface area contributed by atoms with E-state index in [2.05, 4.69) is 5.32 Å². The van der Waals surface area contributed by atoms with Gasteiger partial charge in [-0.15, -0.1) is 0 Å². The Balaban J connectivity index is 1.86. The van der Waals surface area contributed by atoms with E-state index in [1.807, 2.05) is 42.5 Å². The van der Waals surface area contributed by atoms with Gasteiger partial charge in [-0.25, -0.2) is 4.79 Å². The van der Waals surface area contributed by atoms with Crippen LogP contribution in [-0.4, -0.2) is 17.0 Å². The highest BCUT2D eigenvalue weighted by Crippen LogP contribution is 2.32. The fraction of sp³-hybridized carbons (Fsp3) is 0.0909. The lowest BCUT2D eigenvalue weighted by Gasteiger charge is -2.12. The van der Waals surface area contributed by atoms with Crippen LogP contribution in [0.2, 0.25) is 0 Å². The van der Waals surface area contributed by atoms with Crippen molar-refractivity contribution in [2.75, 3.05) is 5.32 Å². The molecule has 3 rings (SSSR count). The Labute approximate surface area is 164 Å². The lowest BCUT2D eigenvalue weighted by Crippen LogP contribution is -2.16. The van der Waals surface area contributed by atoms with E-state index in [1.165, 1.54) is 6.92 Å². The number of carbonyl (C=O) groups is 2. The van der Waals surface area contributed by atoms with E-state index in [-0.39, 0.29) is 11.3 Å². The molecule has 0 spiro atoms. The highest BCUT2D eigenvalue weighted by Gasteiger charge is 2.32. The molecule has 1 amide bonds. The summed E-state index contributed by atoms with van der Waals surface area (Å²) >= 11 is 0. The third-order valence-corrected chi connectivity index (χ3v) is 4.34. The van der Waals surface area contributed by atoms with E-state index < -0.39 is 29.2 Å². The number of halogens is 3. The first kappa shape index (κ1) is 20.1. The Morgan fingerprint density at radius 3 is 2.31 bits per heavy atom. The molecule has 29 heavy (non-hydrogen) atoms. The summed E-state index contributed by atoms with van der Waals surface area (Å²) < 4.78 is 38.5. The predicted octanol–water partition coefficient (Wildman–Crippen LogP) is 5.60. The first-order valence-electron chi connectivity index (χ1n) is 8.58. The summed E-state index contributed by atoms with van der Waals surface area (Å²) in [4.78, 5) is 23.8. The SMILES string of the molecule is CC(=Cc1ccc2ccccc2c1)C(=O)Nc1ccc(C(F)(F)F)cc1C(=O)O. The first-order chi connectivity index (χ1) is 13.6. The largest absolute Gasteiger partial charge is 0.478 e. The zero-order valence-electron chi connectivity index (χ0n) is 15.2. The molecule has 0 aliphatic rings. The van der Waals surface area contributed by atoms with Gasteiger partial charge in [-0.2, -0.15) is 13.2 Å². The molecule has 0 saturated carbocycles. The number of alkyl halides is 3. The minimum absolute atomic E-state index is 0.207. The van der Waals surface area contributed by atoms with E-state index in [0.717, 1.165) is 28.5 Å². The third-order valence-electron chi connectivity index (χ3n) is 4.34. The number of carboxylic acids is 1. The van der Waals surface area contributed by atoms with E-state index in [9.17, 15) is 27.9 Å². The second-order valence-electron chi connectivity index (χ2n) is 6.45. The number of anilines is 1. The molecular weight excluding hydrogens is 383 g/mol. The Morgan fingerprint density at radius 2 is 1.66 bits per heavy atom. The van der Waals surface area contributed by atoms with Crippen LogP contribution < -0.4 is 5.32 Å². The van der Waals surface area contributed by atoms with Crippen molar-refractivity contribution in [3.63, 3.8) is 0 Å². The van der Waals surface area contributed by atoms with Crippen LogP contribution in [0.4, 0.5) is 18.9 Å². The van der Waals surface area contributed by atoms with Crippen LogP contribution in [0.5, 0.6) is 0 Å². The lowest BCUT2D eigenvalue weighted by molar-refractivity contribution is -0.137. The standard InChI is InChI=1S/C22H16F3NO3/c1-13(10-14-6-7-15-4-2-3-5-16(15)11-14)20(27)26-19-9-8-17(22(23,24)25)12-18(19)21(28)29/h2-12H,1H3,(H,26,27)(H,28,29). The van der Waals surface area contributed by atoms with Crippen LogP contribution in [0.25, 0.3) is 16.8 Å². The van der Waals surface area contributed by atoms with Crippen LogP contribution in [0.1, 0.15) is 28.4 Å². The maximum Gasteiger partial charge on any atom is 0.416 e. The summed E-state index contributed by atoms with van der Waals surface area (Å²) in [5, 5.41) is 13.6. The molecule has 0 aliphatic carbocycles. The van der Waals surface area contributed by atoms with Gasteiger partial charge in [-0.3, -0.25) is 4.79 Å². The van der Waals surface area contributed by atoms with Crippen molar-refractivity contribution < 1.29 is 27.9 Å². The molecule has 0 atom stereocenters. The Hall–Kier alpha value is -3.61. The summed E-state index contributed by atoms with van der Waals surface area (Å²) in [7, 11) is 0. The smallest absolute Gasteiger partial charge is 0.416 e. The van der Waals surface area contributed by atoms with Gasteiger partial charge in [-0.05, 0) is 53.6 Å². The van der Waals surface area contributed by atoms with Crippen LogP contribution in [0.15, 0.2) is 66.2 Å². The molecule has 4 nitrogen and oxygen atoms in total. The number of hydrogen-bond acceptors (Lipinski definition) is 2. The number of carbonyl (C=O) groups excluding carboxylic acids is 1. The number of hydrogen-bond donors (Lipinski definition) is 2. The van der Waals surface area contributed by atoms with Crippen molar-refractivity contribution in [2.45, 2.75) is 13.1 Å². The lowest BCUT2D eigenvalue weighted by atomic mass is 10.0. The summed E-state index contributed by atoms with van der Waals surface area (Å²) in [5.74, 6) is -2.18. The molecule has 0 heterocycles. The molecular formula is C22H16F3NO3. The van der Waals surface area contributed by atoms with Crippen LogP contribution in [0.3, 0.4) is 0 Å². The van der Waals surface area contributed by atoms with Gasteiger partial charge in [0.15, 0.2) is 0 Å². The normalized spacial score (nSPS) is 12.1. The fourth-order valence-corrected chi connectivity index (χ4v) is 2.84. The van der Waals surface area contributed by atoms with Gasteiger partial charge >= 0.3 is 12.1 Å². The number of rotatable bonds is 4. The van der Waals surface area contributed by atoms with Crippen molar-refractivity contribution in [2.24, 2.45) is 0 Å². The highest BCUT2D eigenvalue weighted by molar-refractivity contribution is 6.09. The minimum Gasteiger partial charge on any atom is -0.478 e. The molecule has 0 saturated heterocycles. The van der Waals surface area contributed by atoms with Crippen LogP contribution >= 0.6 is 0 Å². The monoisotopic (exact) mass is 399 g/mol. The summed E-state index contributed by atoms with van der Waals surface area (Å²) in [6.45, 7) is 1.54. The van der Waals surface area contributed by atoms with Gasteiger partial charge in [0.25, 0.3) is 5.91 Å². The van der Waals surface area contributed by atoms with Gasteiger partial charge < -0.3 is 10.4 Å². The zero-order chi connectivity index (χ0) is 21.2.